The summed E-state index contributed by atoms with van der Waals surface area (Å²) in [6.07, 6.45) is -0.228. The summed E-state index contributed by atoms with van der Waals surface area (Å²) in [4.78, 5) is 16.4. The molecule has 1 aliphatic heterocycles. The van der Waals surface area contributed by atoms with E-state index >= 15 is 0 Å². The second-order valence-corrected chi connectivity index (χ2v) is 8.53. The van der Waals surface area contributed by atoms with Gasteiger partial charge >= 0.3 is 6.09 Å². The molecule has 0 unspecified atom stereocenters. The van der Waals surface area contributed by atoms with Crippen LogP contribution in [0.15, 0.2) is 60.7 Å². The van der Waals surface area contributed by atoms with Crippen molar-refractivity contribution in [2.45, 2.75) is 45.6 Å². The van der Waals surface area contributed by atoms with Crippen molar-refractivity contribution in [1.29, 1.82) is 0 Å². The highest BCUT2D eigenvalue weighted by Gasteiger charge is 2.36. The number of rotatable bonds is 8. The lowest BCUT2D eigenvalue weighted by atomic mass is 10.1. The average molecular weight is 397 g/mol. The predicted molar refractivity (Wildman–Crippen MR) is 115 cm³/mol. The van der Waals surface area contributed by atoms with Crippen LogP contribution in [-0.4, -0.2) is 53.8 Å². The molecule has 0 spiro atoms. The Morgan fingerprint density at radius 1 is 1.00 bits per heavy atom. The lowest BCUT2D eigenvalue weighted by molar-refractivity contribution is -0.0234. The molecule has 1 amide bonds. The summed E-state index contributed by atoms with van der Waals surface area (Å²) < 4.78 is 11.4. The molecule has 0 aliphatic carbocycles. The second-order valence-electron chi connectivity index (χ2n) is 8.53. The maximum Gasteiger partial charge on any atom is 0.410 e. The van der Waals surface area contributed by atoms with Crippen LogP contribution in [0.5, 0.6) is 0 Å². The summed E-state index contributed by atoms with van der Waals surface area (Å²) in [6, 6.07) is 21.0. The van der Waals surface area contributed by atoms with Crippen molar-refractivity contribution in [3.8, 4) is 0 Å². The monoisotopic (exact) mass is 396 g/mol. The number of amides is 1. The van der Waals surface area contributed by atoms with Gasteiger partial charge in [-0.15, -0.1) is 0 Å². The highest BCUT2D eigenvalue weighted by Crippen LogP contribution is 2.21. The summed E-state index contributed by atoms with van der Waals surface area (Å²) >= 11 is 0. The van der Waals surface area contributed by atoms with Crippen molar-refractivity contribution in [1.82, 2.24) is 9.80 Å². The molecule has 0 radical (unpaired) electrons. The van der Waals surface area contributed by atoms with Crippen molar-refractivity contribution in [2.24, 2.45) is 0 Å². The fourth-order valence-corrected chi connectivity index (χ4v) is 3.32. The fourth-order valence-electron chi connectivity index (χ4n) is 3.32. The van der Waals surface area contributed by atoms with Gasteiger partial charge in [-0.25, -0.2) is 4.79 Å². The third-order valence-corrected chi connectivity index (χ3v) is 4.89. The van der Waals surface area contributed by atoms with Crippen LogP contribution in [0.1, 0.15) is 31.9 Å². The fraction of sp³-hybridized carbons (Fsp3) is 0.458. The summed E-state index contributed by atoms with van der Waals surface area (Å²) in [7, 11) is 0. The van der Waals surface area contributed by atoms with E-state index in [2.05, 4.69) is 41.3 Å². The first kappa shape index (κ1) is 21.3. The van der Waals surface area contributed by atoms with E-state index in [0.29, 0.717) is 32.3 Å². The Morgan fingerprint density at radius 3 is 2.17 bits per heavy atom. The van der Waals surface area contributed by atoms with Gasteiger partial charge in [0, 0.05) is 32.2 Å². The first-order valence-electron chi connectivity index (χ1n) is 10.3. The molecule has 5 nitrogen and oxygen atoms in total. The van der Waals surface area contributed by atoms with Crippen LogP contribution < -0.4 is 0 Å². The molecule has 1 aliphatic rings. The quantitative estimate of drug-likeness (QED) is 0.623. The summed E-state index contributed by atoms with van der Waals surface area (Å²) in [6.45, 7) is 10.0. The van der Waals surface area contributed by atoms with E-state index in [-0.39, 0.29) is 6.09 Å². The molecule has 2 aromatic rings. The van der Waals surface area contributed by atoms with Gasteiger partial charge in [0.05, 0.1) is 13.2 Å². The van der Waals surface area contributed by atoms with Gasteiger partial charge in [-0.3, -0.25) is 4.90 Å². The number of hydrogen-bond acceptors (Lipinski definition) is 4. The van der Waals surface area contributed by atoms with Crippen LogP contribution in [0.2, 0.25) is 0 Å². The van der Waals surface area contributed by atoms with Crippen molar-refractivity contribution in [3.05, 3.63) is 71.8 Å². The first-order chi connectivity index (χ1) is 13.9. The maximum absolute atomic E-state index is 12.2. The topological polar surface area (TPSA) is 42.0 Å². The van der Waals surface area contributed by atoms with E-state index in [1.165, 1.54) is 11.1 Å². The molecule has 29 heavy (non-hydrogen) atoms. The van der Waals surface area contributed by atoms with E-state index < -0.39 is 5.60 Å². The molecular formula is C24H32N2O3. The Bertz CT molecular complexity index is 753. The molecule has 156 valence electrons. The molecule has 0 atom stereocenters. The minimum Gasteiger partial charge on any atom is -0.444 e. The van der Waals surface area contributed by atoms with Crippen LogP contribution >= 0.6 is 0 Å². The third-order valence-electron chi connectivity index (χ3n) is 4.89. The molecule has 1 fully saturated rings. The predicted octanol–water partition coefficient (Wildman–Crippen LogP) is 4.32. The Balaban J connectivity index is 1.51. The Morgan fingerprint density at radius 2 is 1.59 bits per heavy atom. The molecule has 0 bridgehead atoms. The zero-order valence-corrected chi connectivity index (χ0v) is 17.7. The molecule has 0 saturated carbocycles. The van der Waals surface area contributed by atoms with Gasteiger partial charge in [0.15, 0.2) is 0 Å². The van der Waals surface area contributed by atoms with Crippen LogP contribution in [0.4, 0.5) is 4.79 Å². The summed E-state index contributed by atoms with van der Waals surface area (Å²) in [5, 5.41) is 0. The summed E-state index contributed by atoms with van der Waals surface area (Å²) in [5.41, 5.74) is 1.99. The van der Waals surface area contributed by atoms with Crippen LogP contribution in [0.3, 0.4) is 0 Å². The van der Waals surface area contributed by atoms with Crippen LogP contribution in [0, 0.1) is 0 Å². The normalized spacial score (nSPS) is 14.7. The van der Waals surface area contributed by atoms with Gasteiger partial charge in [-0.05, 0) is 31.9 Å². The van der Waals surface area contributed by atoms with Gasteiger partial charge in [0.2, 0.25) is 0 Å². The van der Waals surface area contributed by atoms with Gasteiger partial charge in [0.1, 0.15) is 5.60 Å². The van der Waals surface area contributed by atoms with E-state index in [9.17, 15) is 4.79 Å². The van der Waals surface area contributed by atoms with Crippen molar-refractivity contribution in [3.63, 3.8) is 0 Å². The molecule has 0 N–H and O–H groups in total. The van der Waals surface area contributed by atoms with Gasteiger partial charge in [-0.1, -0.05) is 60.7 Å². The lowest BCUT2D eigenvalue weighted by Gasteiger charge is -2.45. The van der Waals surface area contributed by atoms with Crippen molar-refractivity contribution >= 4 is 6.09 Å². The SMILES string of the molecule is CC(C)(C)OC(=O)N1CC(N(CCOCc2ccccc2)Cc2ccccc2)C1. The molecule has 2 aromatic carbocycles. The van der Waals surface area contributed by atoms with Gasteiger partial charge < -0.3 is 14.4 Å². The number of hydrogen-bond donors (Lipinski definition) is 0. The standard InChI is InChI=1S/C24H32N2O3/c1-24(2,3)29-23(27)26-17-22(18-26)25(16-20-10-6-4-7-11-20)14-15-28-19-21-12-8-5-9-13-21/h4-13,22H,14-19H2,1-3H3. The molecular weight excluding hydrogens is 364 g/mol. The zero-order chi connectivity index (χ0) is 20.7. The Kier molecular flexibility index (Phi) is 7.29. The van der Waals surface area contributed by atoms with Crippen molar-refractivity contribution in [2.75, 3.05) is 26.2 Å². The van der Waals surface area contributed by atoms with Crippen molar-refractivity contribution < 1.29 is 14.3 Å². The molecule has 5 heteroatoms. The minimum absolute atomic E-state index is 0.228. The number of benzene rings is 2. The number of ether oxygens (including phenoxy) is 2. The Hall–Kier alpha value is -2.37. The van der Waals surface area contributed by atoms with E-state index in [1.807, 2.05) is 45.0 Å². The number of carbonyl (C=O) groups excluding carboxylic acids is 1. The first-order valence-corrected chi connectivity index (χ1v) is 10.3. The second kappa shape index (κ2) is 9.90. The van der Waals surface area contributed by atoms with Gasteiger partial charge in [-0.2, -0.15) is 0 Å². The molecule has 3 rings (SSSR count). The van der Waals surface area contributed by atoms with Crippen LogP contribution in [0.25, 0.3) is 0 Å². The highest BCUT2D eigenvalue weighted by atomic mass is 16.6. The van der Waals surface area contributed by atoms with E-state index in [4.69, 9.17) is 9.47 Å². The highest BCUT2D eigenvalue weighted by molar-refractivity contribution is 5.69. The zero-order valence-electron chi connectivity index (χ0n) is 17.7. The Labute approximate surface area is 174 Å². The largest absolute Gasteiger partial charge is 0.444 e. The number of likely N-dealkylation sites (tertiary alicyclic amines) is 1. The number of nitrogens with zero attached hydrogens (tertiary/aromatic N) is 2. The smallest absolute Gasteiger partial charge is 0.410 e. The van der Waals surface area contributed by atoms with E-state index in [1.54, 1.807) is 4.90 Å². The number of carbonyl (C=O) groups is 1. The summed E-state index contributed by atoms with van der Waals surface area (Å²) in [5.74, 6) is 0. The van der Waals surface area contributed by atoms with E-state index in [0.717, 1.165) is 13.1 Å². The minimum atomic E-state index is -0.461. The third kappa shape index (κ3) is 6.87. The van der Waals surface area contributed by atoms with Gasteiger partial charge in [0.25, 0.3) is 0 Å². The average Bonchev–Trinajstić information content (AvgIpc) is 2.64. The molecule has 1 heterocycles. The maximum atomic E-state index is 12.2. The van der Waals surface area contributed by atoms with Crippen LogP contribution in [-0.2, 0) is 22.6 Å². The molecule has 0 aromatic heterocycles. The molecule has 1 saturated heterocycles. The lowest BCUT2D eigenvalue weighted by Crippen LogP contribution is -2.61.